The molecule has 176 valence electrons. The molecule has 0 radical (unpaired) electrons. The lowest BCUT2D eigenvalue weighted by molar-refractivity contribution is -0.137. The number of ether oxygens (including phenoxy) is 3. The van der Waals surface area contributed by atoms with Crippen LogP contribution < -0.4 is 19.5 Å². The van der Waals surface area contributed by atoms with Gasteiger partial charge in [0, 0.05) is 13.1 Å². The van der Waals surface area contributed by atoms with Gasteiger partial charge in [0.15, 0.2) is 11.0 Å². The number of hydrogen-bond acceptors (Lipinski definition) is 7. The molecule has 1 heterocycles. The first-order valence-electron chi connectivity index (χ1n) is 9.54. The van der Waals surface area contributed by atoms with Crippen molar-refractivity contribution in [1.82, 2.24) is 14.8 Å². The number of rotatable bonds is 9. The lowest BCUT2D eigenvalue weighted by atomic mass is 10.2. The van der Waals surface area contributed by atoms with Gasteiger partial charge in [0.2, 0.25) is 5.91 Å². The van der Waals surface area contributed by atoms with Gasteiger partial charge in [-0.25, -0.2) is 0 Å². The molecule has 2 aromatic carbocycles. The second kappa shape index (κ2) is 10.5. The number of nitrogens with one attached hydrogen (secondary N) is 1. The highest BCUT2D eigenvalue weighted by atomic mass is 32.2. The Morgan fingerprint density at radius 2 is 1.88 bits per heavy atom. The number of methoxy groups -OCH3 is 2. The fourth-order valence-electron chi connectivity index (χ4n) is 2.72. The Morgan fingerprint density at radius 1 is 1.09 bits per heavy atom. The first-order valence-corrected chi connectivity index (χ1v) is 10.5. The third kappa shape index (κ3) is 6.31. The molecule has 12 heteroatoms. The Bertz CT molecular complexity index is 1120. The molecule has 0 aliphatic heterocycles. The van der Waals surface area contributed by atoms with Crippen LogP contribution in [0.25, 0.3) is 0 Å². The number of benzene rings is 2. The van der Waals surface area contributed by atoms with Crippen molar-refractivity contribution in [3.05, 3.63) is 53.9 Å². The third-order valence-corrected chi connectivity index (χ3v) is 5.49. The van der Waals surface area contributed by atoms with E-state index < -0.39 is 11.7 Å². The SMILES string of the molecule is COc1ccc(NC(=O)CSc2nnc(COc3cccc(C(F)(F)F)c3)n2C)c(OC)c1. The Morgan fingerprint density at radius 3 is 2.58 bits per heavy atom. The Kier molecular flexibility index (Phi) is 7.69. The molecule has 0 unspecified atom stereocenters. The van der Waals surface area contributed by atoms with Crippen LogP contribution in [0.15, 0.2) is 47.6 Å². The number of nitrogens with zero attached hydrogens (tertiary/aromatic N) is 3. The lowest BCUT2D eigenvalue weighted by Gasteiger charge is -2.11. The maximum atomic E-state index is 12.8. The van der Waals surface area contributed by atoms with Crippen molar-refractivity contribution < 1.29 is 32.2 Å². The van der Waals surface area contributed by atoms with E-state index in [1.165, 1.54) is 26.4 Å². The first-order chi connectivity index (χ1) is 15.7. The summed E-state index contributed by atoms with van der Waals surface area (Å²) < 4.78 is 55.9. The maximum Gasteiger partial charge on any atom is 0.416 e. The van der Waals surface area contributed by atoms with Crippen LogP contribution in [0.3, 0.4) is 0 Å². The van der Waals surface area contributed by atoms with Crippen molar-refractivity contribution >= 4 is 23.4 Å². The highest BCUT2D eigenvalue weighted by molar-refractivity contribution is 7.99. The van der Waals surface area contributed by atoms with E-state index in [2.05, 4.69) is 15.5 Å². The minimum atomic E-state index is -4.45. The van der Waals surface area contributed by atoms with Gasteiger partial charge >= 0.3 is 6.18 Å². The van der Waals surface area contributed by atoms with Crippen LogP contribution in [0.1, 0.15) is 11.4 Å². The summed E-state index contributed by atoms with van der Waals surface area (Å²) in [5.74, 6) is 1.28. The summed E-state index contributed by atoms with van der Waals surface area (Å²) in [7, 11) is 4.70. The Labute approximate surface area is 192 Å². The van der Waals surface area contributed by atoms with Crippen molar-refractivity contribution in [2.45, 2.75) is 17.9 Å². The molecular formula is C21H21F3N4O4S. The largest absolute Gasteiger partial charge is 0.497 e. The molecule has 0 aliphatic rings. The fraction of sp³-hybridized carbons (Fsp3) is 0.286. The number of amides is 1. The molecule has 0 atom stereocenters. The molecule has 8 nitrogen and oxygen atoms in total. The van der Waals surface area contributed by atoms with Gasteiger partial charge < -0.3 is 24.1 Å². The van der Waals surface area contributed by atoms with E-state index in [9.17, 15) is 18.0 Å². The van der Waals surface area contributed by atoms with Crippen LogP contribution in [0.5, 0.6) is 17.2 Å². The molecule has 33 heavy (non-hydrogen) atoms. The molecule has 3 aromatic rings. The van der Waals surface area contributed by atoms with E-state index in [0.717, 1.165) is 23.9 Å². The summed E-state index contributed by atoms with van der Waals surface area (Å²) in [5, 5.41) is 11.2. The summed E-state index contributed by atoms with van der Waals surface area (Å²) in [4.78, 5) is 12.4. The van der Waals surface area contributed by atoms with Crippen LogP contribution in [0, 0.1) is 0 Å². The van der Waals surface area contributed by atoms with Crippen LogP contribution in [0.4, 0.5) is 18.9 Å². The topological polar surface area (TPSA) is 87.5 Å². The molecule has 0 saturated heterocycles. The van der Waals surface area contributed by atoms with Crippen molar-refractivity contribution in [1.29, 1.82) is 0 Å². The van der Waals surface area contributed by atoms with E-state index in [1.54, 1.807) is 29.8 Å². The van der Waals surface area contributed by atoms with Crippen molar-refractivity contribution in [3.63, 3.8) is 0 Å². The lowest BCUT2D eigenvalue weighted by Crippen LogP contribution is -2.15. The molecular weight excluding hydrogens is 461 g/mol. The van der Waals surface area contributed by atoms with Gasteiger partial charge in [-0.05, 0) is 30.3 Å². The zero-order chi connectivity index (χ0) is 24.0. The second-order valence-electron chi connectivity index (χ2n) is 6.68. The average molecular weight is 482 g/mol. The normalized spacial score (nSPS) is 11.2. The van der Waals surface area contributed by atoms with Gasteiger partial charge in [-0.1, -0.05) is 17.8 Å². The van der Waals surface area contributed by atoms with Gasteiger partial charge in [-0.2, -0.15) is 13.2 Å². The summed E-state index contributed by atoms with van der Waals surface area (Å²) in [5.41, 5.74) is -0.300. The van der Waals surface area contributed by atoms with Gasteiger partial charge in [0.1, 0.15) is 23.9 Å². The highest BCUT2D eigenvalue weighted by Crippen LogP contribution is 2.32. The van der Waals surface area contributed by atoms with Crippen LogP contribution in [0.2, 0.25) is 0 Å². The zero-order valence-corrected chi connectivity index (χ0v) is 18.8. The summed E-state index contributed by atoms with van der Waals surface area (Å²) in [6.45, 7) is -0.0827. The van der Waals surface area contributed by atoms with E-state index in [1.807, 2.05) is 0 Å². The molecule has 1 N–H and O–H groups in total. The minimum Gasteiger partial charge on any atom is -0.497 e. The van der Waals surface area contributed by atoms with Crippen LogP contribution in [-0.4, -0.2) is 40.6 Å². The number of anilines is 1. The van der Waals surface area contributed by atoms with Gasteiger partial charge in [-0.3, -0.25) is 4.79 Å². The standard InChI is InChI=1S/C21H21F3N4O4S/c1-28-18(11-32-15-6-4-5-13(9-15)21(22,23)24)26-27-20(28)33-12-19(29)25-16-8-7-14(30-2)10-17(16)31-3/h4-10H,11-12H2,1-3H3,(H,25,29). The minimum absolute atomic E-state index is 0.0512. The van der Waals surface area contributed by atoms with Gasteiger partial charge in [0.25, 0.3) is 0 Å². The monoisotopic (exact) mass is 482 g/mol. The van der Waals surface area contributed by atoms with E-state index in [0.29, 0.717) is 28.2 Å². The number of hydrogen-bond donors (Lipinski definition) is 1. The van der Waals surface area contributed by atoms with Crippen molar-refractivity contribution in [2.75, 3.05) is 25.3 Å². The Balaban J connectivity index is 1.56. The predicted octanol–water partition coefficient (Wildman–Crippen LogP) is 4.16. The smallest absolute Gasteiger partial charge is 0.416 e. The molecule has 1 aromatic heterocycles. The number of carbonyl (C=O) groups excluding carboxylic acids is 1. The number of halogens is 3. The number of aromatic nitrogens is 3. The van der Waals surface area contributed by atoms with Gasteiger partial charge in [-0.15, -0.1) is 10.2 Å². The number of thioether (sulfide) groups is 1. The molecule has 0 bridgehead atoms. The van der Waals surface area contributed by atoms with Crippen molar-refractivity contribution in [2.24, 2.45) is 7.05 Å². The highest BCUT2D eigenvalue weighted by Gasteiger charge is 2.30. The quantitative estimate of drug-likeness (QED) is 0.458. The average Bonchev–Trinajstić information content (AvgIpc) is 3.15. The molecule has 0 fully saturated rings. The van der Waals surface area contributed by atoms with E-state index in [4.69, 9.17) is 14.2 Å². The van der Waals surface area contributed by atoms with Crippen LogP contribution in [-0.2, 0) is 24.6 Å². The summed E-state index contributed by atoms with van der Waals surface area (Å²) >= 11 is 1.15. The summed E-state index contributed by atoms with van der Waals surface area (Å²) in [6.07, 6.45) is -4.45. The molecule has 1 amide bonds. The Hall–Kier alpha value is -3.41. The molecule has 0 saturated carbocycles. The van der Waals surface area contributed by atoms with Gasteiger partial charge in [0.05, 0.1) is 31.2 Å². The number of carbonyl (C=O) groups is 1. The second-order valence-corrected chi connectivity index (χ2v) is 7.62. The maximum absolute atomic E-state index is 12.8. The molecule has 0 aliphatic carbocycles. The van der Waals surface area contributed by atoms with Crippen molar-refractivity contribution in [3.8, 4) is 17.2 Å². The number of alkyl halides is 3. The summed E-state index contributed by atoms with van der Waals surface area (Å²) in [6, 6.07) is 9.62. The van der Waals surface area contributed by atoms with Crippen LogP contribution >= 0.6 is 11.8 Å². The zero-order valence-electron chi connectivity index (χ0n) is 18.0. The molecule has 3 rings (SSSR count). The first kappa shape index (κ1) is 24.2. The fourth-order valence-corrected chi connectivity index (χ4v) is 3.45. The van der Waals surface area contributed by atoms with E-state index >= 15 is 0 Å². The third-order valence-electron chi connectivity index (χ3n) is 4.47. The predicted molar refractivity (Wildman–Crippen MR) is 116 cm³/mol. The van der Waals surface area contributed by atoms with E-state index in [-0.39, 0.29) is 24.0 Å². The molecule has 0 spiro atoms.